The fourth-order valence-electron chi connectivity index (χ4n) is 5.55. The minimum atomic E-state index is -0.534. The molecule has 1 aromatic rings. The number of aromatic hydroxyl groups is 1. The molecule has 2 aliphatic carbocycles. The number of allylic oxidation sites excluding steroid dienone is 4. The number of carbonyl (C=O) groups is 2. The number of halogens is 2. The number of Topliss-reactive ketones (excluding diaryl/α,β-unsaturated/α-hetero) is 2. The summed E-state index contributed by atoms with van der Waals surface area (Å²) in [6.07, 6.45) is 2.44. The minimum absolute atomic E-state index is 0.0781. The molecule has 1 aromatic carbocycles. The zero-order valence-corrected chi connectivity index (χ0v) is 21.9. The molecule has 0 radical (unpaired) electrons. The molecule has 0 saturated carbocycles. The van der Waals surface area contributed by atoms with E-state index in [0.29, 0.717) is 40.6 Å². The molecule has 3 aliphatic rings. The van der Waals surface area contributed by atoms with Crippen molar-refractivity contribution in [1.82, 2.24) is 4.90 Å². The van der Waals surface area contributed by atoms with E-state index in [2.05, 4.69) is 71.4 Å². The fraction of sp³-hybridized carbons (Fsp3) is 0.520. The van der Waals surface area contributed by atoms with Gasteiger partial charge in [0, 0.05) is 57.9 Å². The second-order valence-corrected chi connectivity index (χ2v) is 12.4. The Morgan fingerprint density at radius 2 is 1.42 bits per heavy atom. The first-order valence-electron chi connectivity index (χ1n) is 10.8. The molecule has 6 heteroatoms. The van der Waals surface area contributed by atoms with Crippen LogP contribution >= 0.6 is 31.9 Å². The Labute approximate surface area is 201 Å². The van der Waals surface area contributed by atoms with Crippen molar-refractivity contribution >= 4 is 43.4 Å². The maximum atomic E-state index is 13.6. The van der Waals surface area contributed by atoms with E-state index in [0.717, 1.165) is 28.7 Å². The molecule has 4 rings (SSSR count). The molecule has 0 amide bonds. The normalized spacial score (nSPS) is 23.3. The van der Waals surface area contributed by atoms with E-state index >= 15 is 0 Å². The SMILES string of the molecule is CCN1C2=C(C(=O)CC(C)(C)C2)C(c2cc(Br)cc(Br)c2O)C2=C1CC(C)(C)CC2=O. The number of hydrogen-bond acceptors (Lipinski definition) is 4. The lowest BCUT2D eigenvalue weighted by atomic mass is 9.63. The molecule has 1 N–H and O–H groups in total. The summed E-state index contributed by atoms with van der Waals surface area (Å²) in [6.45, 7) is 11.3. The summed E-state index contributed by atoms with van der Waals surface area (Å²) >= 11 is 6.97. The molecule has 0 saturated heterocycles. The Morgan fingerprint density at radius 3 is 1.87 bits per heavy atom. The van der Waals surface area contributed by atoms with Gasteiger partial charge >= 0.3 is 0 Å². The van der Waals surface area contributed by atoms with Crippen LogP contribution in [-0.4, -0.2) is 28.1 Å². The number of benzene rings is 1. The van der Waals surface area contributed by atoms with Crippen LogP contribution in [0.25, 0.3) is 0 Å². The van der Waals surface area contributed by atoms with Gasteiger partial charge in [-0.15, -0.1) is 0 Å². The van der Waals surface area contributed by atoms with Crippen LogP contribution in [0.2, 0.25) is 0 Å². The second kappa shape index (κ2) is 7.58. The third kappa shape index (κ3) is 3.84. The maximum absolute atomic E-state index is 13.6. The molecule has 1 aliphatic heterocycles. The van der Waals surface area contributed by atoms with Crippen LogP contribution < -0.4 is 0 Å². The number of phenols is 1. The largest absolute Gasteiger partial charge is 0.506 e. The first kappa shape index (κ1) is 22.8. The van der Waals surface area contributed by atoms with E-state index < -0.39 is 5.92 Å². The molecule has 0 fully saturated rings. The number of carbonyl (C=O) groups excluding carboxylic acids is 2. The van der Waals surface area contributed by atoms with Crippen molar-refractivity contribution in [3.05, 3.63) is 49.2 Å². The summed E-state index contributed by atoms with van der Waals surface area (Å²) in [5.74, 6) is -0.287. The van der Waals surface area contributed by atoms with Crippen LogP contribution in [-0.2, 0) is 9.59 Å². The topological polar surface area (TPSA) is 57.6 Å². The van der Waals surface area contributed by atoms with Crippen LogP contribution in [0.15, 0.2) is 43.6 Å². The van der Waals surface area contributed by atoms with Crippen LogP contribution in [0, 0.1) is 10.8 Å². The van der Waals surface area contributed by atoms with Gasteiger partial charge in [-0.3, -0.25) is 9.59 Å². The average molecular weight is 551 g/mol. The zero-order chi connectivity index (χ0) is 22.9. The van der Waals surface area contributed by atoms with Crippen LogP contribution in [0.5, 0.6) is 5.75 Å². The van der Waals surface area contributed by atoms with Gasteiger partial charge in [0.05, 0.1) is 4.47 Å². The van der Waals surface area contributed by atoms with Gasteiger partial charge in [0.1, 0.15) is 5.75 Å². The predicted molar refractivity (Wildman–Crippen MR) is 129 cm³/mol. The van der Waals surface area contributed by atoms with Gasteiger partial charge in [0.2, 0.25) is 0 Å². The molecular weight excluding hydrogens is 522 g/mol. The van der Waals surface area contributed by atoms with Crippen LogP contribution in [0.4, 0.5) is 0 Å². The van der Waals surface area contributed by atoms with Crippen molar-refractivity contribution in [1.29, 1.82) is 0 Å². The highest BCUT2D eigenvalue weighted by Crippen LogP contribution is 2.56. The molecule has 0 atom stereocenters. The predicted octanol–water partition coefficient (Wildman–Crippen LogP) is 6.62. The van der Waals surface area contributed by atoms with Crippen LogP contribution in [0.3, 0.4) is 0 Å². The Hall–Kier alpha value is -1.40. The second-order valence-electron chi connectivity index (χ2n) is 10.6. The Bertz CT molecular complexity index is 1010. The molecule has 4 nitrogen and oxygen atoms in total. The summed E-state index contributed by atoms with van der Waals surface area (Å²) in [6, 6.07) is 3.63. The average Bonchev–Trinajstić information content (AvgIpc) is 2.61. The van der Waals surface area contributed by atoms with Gasteiger partial charge in [0.15, 0.2) is 11.6 Å². The number of hydrogen-bond donors (Lipinski definition) is 1. The quantitative estimate of drug-likeness (QED) is 0.449. The third-order valence-corrected chi connectivity index (χ3v) is 7.77. The van der Waals surface area contributed by atoms with E-state index in [-0.39, 0.29) is 28.1 Å². The molecule has 0 bridgehead atoms. The number of rotatable bonds is 2. The number of ketones is 2. The summed E-state index contributed by atoms with van der Waals surface area (Å²) < 4.78 is 1.34. The molecule has 31 heavy (non-hydrogen) atoms. The molecular formula is C25H29Br2NO3. The Balaban J connectivity index is 2.05. The van der Waals surface area contributed by atoms with Crippen molar-refractivity contribution in [2.75, 3.05) is 6.54 Å². The Morgan fingerprint density at radius 1 is 0.935 bits per heavy atom. The molecule has 0 aromatic heterocycles. The van der Waals surface area contributed by atoms with Gasteiger partial charge in [-0.1, -0.05) is 43.6 Å². The first-order chi connectivity index (χ1) is 14.3. The highest BCUT2D eigenvalue weighted by molar-refractivity contribution is 9.11. The van der Waals surface area contributed by atoms with Gasteiger partial charge in [-0.05, 0) is 58.7 Å². The van der Waals surface area contributed by atoms with Gasteiger partial charge in [-0.25, -0.2) is 0 Å². The monoisotopic (exact) mass is 549 g/mol. The van der Waals surface area contributed by atoms with E-state index in [1.807, 2.05) is 6.07 Å². The van der Waals surface area contributed by atoms with Crippen molar-refractivity contribution in [3.8, 4) is 5.75 Å². The zero-order valence-electron chi connectivity index (χ0n) is 18.7. The molecule has 1 heterocycles. The summed E-state index contributed by atoms with van der Waals surface area (Å²) in [5, 5.41) is 11.0. The first-order valence-corrected chi connectivity index (χ1v) is 12.4. The fourth-order valence-corrected chi connectivity index (χ4v) is 6.80. The molecule has 166 valence electrons. The van der Waals surface area contributed by atoms with E-state index in [4.69, 9.17) is 0 Å². The van der Waals surface area contributed by atoms with Crippen molar-refractivity contribution in [2.24, 2.45) is 10.8 Å². The standard InChI is InChI=1S/C25H29Br2NO3/c1-6-28-16-9-24(2,3)11-18(29)21(16)20(14-7-13(26)8-15(27)23(14)31)22-17(28)10-25(4,5)12-19(22)30/h7-8,20,31H,6,9-12H2,1-5H3. The highest BCUT2D eigenvalue weighted by Gasteiger charge is 2.49. The van der Waals surface area contributed by atoms with E-state index in [1.54, 1.807) is 6.07 Å². The minimum Gasteiger partial charge on any atom is -0.506 e. The van der Waals surface area contributed by atoms with Gasteiger partial charge in [0.25, 0.3) is 0 Å². The lowest BCUT2D eigenvalue weighted by Gasteiger charge is -2.49. The van der Waals surface area contributed by atoms with Crippen molar-refractivity contribution < 1.29 is 14.7 Å². The van der Waals surface area contributed by atoms with Gasteiger partial charge in [-0.2, -0.15) is 0 Å². The highest BCUT2D eigenvalue weighted by atomic mass is 79.9. The van der Waals surface area contributed by atoms with Crippen molar-refractivity contribution in [3.63, 3.8) is 0 Å². The Kier molecular flexibility index (Phi) is 5.57. The van der Waals surface area contributed by atoms with E-state index in [1.165, 1.54) is 0 Å². The molecule has 0 spiro atoms. The third-order valence-electron chi connectivity index (χ3n) is 6.71. The lowest BCUT2D eigenvalue weighted by molar-refractivity contribution is -0.119. The smallest absolute Gasteiger partial charge is 0.162 e. The molecule has 0 unspecified atom stereocenters. The van der Waals surface area contributed by atoms with E-state index in [9.17, 15) is 14.7 Å². The number of phenolic OH excluding ortho intramolecular Hbond substituents is 1. The lowest BCUT2D eigenvalue weighted by Crippen LogP contribution is -2.44. The summed E-state index contributed by atoms with van der Waals surface area (Å²) in [4.78, 5) is 29.3. The van der Waals surface area contributed by atoms with Crippen LogP contribution in [0.1, 0.15) is 71.8 Å². The maximum Gasteiger partial charge on any atom is 0.162 e. The number of nitrogens with zero attached hydrogens (tertiary/aromatic N) is 1. The van der Waals surface area contributed by atoms with Gasteiger partial charge < -0.3 is 10.0 Å². The van der Waals surface area contributed by atoms with Crippen molar-refractivity contribution in [2.45, 2.75) is 66.2 Å². The summed E-state index contributed by atoms with van der Waals surface area (Å²) in [5.41, 5.74) is 3.75. The summed E-state index contributed by atoms with van der Waals surface area (Å²) in [7, 11) is 0.